The molecule has 0 bridgehead atoms. The van der Waals surface area contributed by atoms with E-state index in [1.165, 1.54) is 0 Å². The molecule has 1 aromatic carbocycles. The molecule has 1 rings (SSSR count). The fourth-order valence-corrected chi connectivity index (χ4v) is 0.581. The van der Waals surface area contributed by atoms with Crippen LogP contribution in [-0.2, 0) is 4.57 Å². The van der Waals surface area contributed by atoms with Crippen LogP contribution < -0.4 is 0 Å². The van der Waals surface area contributed by atoms with Gasteiger partial charge in [-0.25, -0.2) is 9.36 Å². The average molecular weight is 292 g/mol. The van der Waals surface area contributed by atoms with Crippen molar-refractivity contribution in [3.63, 3.8) is 0 Å². The Hall–Kier alpha value is 1.80. The van der Waals surface area contributed by atoms with Crippen LogP contribution in [0.2, 0.25) is 0 Å². The first-order valence-corrected chi connectivity index (χ1v) is 4.94. The van der Waals surface area contributed by atoms with Crippen molar-refractivity contribution in [3.8, 4) is 0 Å². The van der Waals surface area contributed by atoms with Gasteiger partial charge in [-0.2, -0.15) is 0 Å². The number of carboxylic acid groups (broad SMARTS) is 1. The zero-order valence-electron chi connectivity index (χ0n) is 6.94. The van der Waals surface area contributed by atoms with Gasteiger partial charge in [-0.3, -0.25) is 0 Å². The minimum atomic E-state index is -4.64. The van der Waals surface area contributed by atoms with Crippen LogP contribution in [0.4, 0.5) is 0 Å². The van der Waals surface area contributed by atoms with Crippen molar-refractivity contribution < 1.29 is 29.1 Å². The summed E-state index contributed by atoms with van der Waals surface area (Å²) in [5.41, 5.74) is 0.331. The van der Waals surface area contributed by atoms with E-state index in [0.717, 1.165) is 0 Å². The molecule has 84 valence electrons. The standard InChI is InChI=1S/C7H6O2.3Na.H3O4P.3H/c8-7(9)6-4-2-1-3-5-6;;;;1-5(2,3)4;;;/h1-5H,(H,8,9);;;;(H3,1,2,3,4);;;. The van der Waals surface area contributed by atoms with Crippen molar-refractivity contribution >= 4 is 102 Å². The van der Waals surface area contributed by atoms with Gasteiger partial charge in [0.2, 0.25) is 0 Å². The van der Waals surface area contributed by atoms with Crippen molar-refractivity contribution in [2.75, 3.05) is 0 Å². The van der Waals surface area contributed by atoms with Crippen molar-refractivity contribution in [2.45, 2.75) is 0 Å². The molecule has 0 fully saturated rings. The van der Waals surface area contributed by atoms with Gasteiger partial charge in [0, 0.05) is 0 Å². The van der Waals surface area contributed by atoms with E-state index in [9.17, 15) is 4.79 Å². The summed E-state index contributed by atoms with van der Waals surface area (Å²) in [7, 11) is -4.64. The second kappa shape index (κ2) is 14.2. The van der Waals surface area contributed by atoms with E-state index < -0.39 is 13.8 Å². The third kappa shape index (κ3) is 23.3. The molecule has 10 heteroatoms. The Morgan fingerprint density at radius 2 is 1.24 bits per heavy atom. The van der Waals surface area contributed by atoms with Gasteiger partial charge in [0.25, 0.3) is 0 Å². The molecule has 0 aliphatic heterocycles. The van der Waals surface area contributed by atoms with Crippen LogP contribution in [0.25, 0.3) is 0 Å². The summed E-state index contributed by atoms with van der Waals surface area (Å²) < 4.78 is 8.88. The molecular weight excluding hydrogens is 280 g/mol. The van der Waals surface area contributed by atoms with Crippen molar-refractivity contribution in [1.82, 2.24) is 0 Å². The first kappa shape index (κ1) is 27.2. The van der Waals surface area contributed by atoms with Gasteiger partial charge in [-0.15, -0.1) is 0 Å². The van der Waals surface area contributed by atoms with Crippen LogP contribution in [0.5, 0.6) is 0 Å². The van der Waals surface area contributed by atoms with Gasteiger partial charge in [0.1, 0.15) is 0 Å². The second-order valence-corrected chi connectivity index (χ2v) is 3.21. The topological polar surface area (TPSA) is 115 Å². The number of aromatic carboxylic acids is 1. The van der Waals surface area contributed by atoms with Gasteiger partial charge in [-0.1, -0.05) is 18.2 Å². The van der Waals surface area contributed by atoms with E-state index in [1.807, 2.05) is 0 Å². The van der Waals surface area contributed by atoms with E-state index in [2.05, 4.69) is 0 Å². The zero-order chi connectivity index (χ0) is 11.2. The van der Waals surface area contributed by atoms with Crippen molar-refractivity contribution in [3.05, 3.63) is 35.9 Å². The van der Waals surface area contributed by atoms with E-state index >= 15 is 0 Å². The molecule has 0 amide bonds. The summed E-state index contributed by atoms with van der Waals surface area (Å²) in [5.74, 6) is -0.879. The number of carbonyl (C=O) groups is 1. The Bertz CT molecular complexity index is 332. The van der Waals surface area contributed by atoms with Crippen LogP contribution in [0.1, 0.15) is 10.4 Å². The Balaban J connectivity index is -0.0000000948. The molecule has 0 saturated heterocycles. The van der Waals surface area contributed by atoms with E-state index in [-0.39, 0.29) is 88.7 Å². The summed E-state index contributed by atoms with van der Waals surface area (Å²) in [4.78, 5) is 31.8. The monoisotopic (exact) mass is 292 g/mol. The third-order valence-electron chi connectivity index (χ3n) is 1.02. The maximum absolute atomic E-state index is 10.2. The number of hydrogen-bond acceptors (Lipinski definition) is 2. The molecule has 0 aliphatic carbocycles. The van der Waals surface area contributed by atoms with Crippen molar-refractivity contribution in [1.29, 1.82) is 0 Å². The Morgan fingerprint density at radius 3 is 1.41 bits per heavy atom. The predicted molar refractivity (Wildman–Crippen MR) is 69.1 cm³/mol. The molecule has 4 N–H and O–H groups in total. The maximum atomic E-state index is 10.2. The molecule has 1 aromatic rings. The summed E-state index contributed by atoms with van der Waals surface area (Å²) in [5, 5.41) is 8.38. The fraction of sp³-hybridized carbons (Fsp3) is 0. The van der Waals surface area contributed by atoms with Gasteiger partial charge in [0.05, 0.1) is 5.56 Å². The summed E-state index contributed by atoms with van der Waals surface area (Å²) >= 11 is 0. The summed E-state index contributed by atoms with van der Waals surface area (Å²) in [6.07, 6.45) is 0. The minimum absolute atomic E-state index is 0. The predicted octanol–water partition coefficient (Wildman–Crippen LogP) is -1.49. The zero-order valence-corrected chi connectivity index (χ0v) is 7.83. The Morgan fingerprint density at radius 1 is 0.941 bits per heavy atom. The molecule has 6 nitrogen and oxygen atoms in total. The molecule has 0 radical (unpaired) electrons. The van der Waals surface area contributed by atoms with Gasteiger partial charge < -0.3 is 19.8 Å². The molecule has 0 aliphatic rings. The summed E-state index contributed by atoms with van der Waals surface area (Å²) in [6.45, 7) is 0. The number of carboxylic acids is 1. The Kier molecular flexibility index (Phi) is 22.7. The molecule has 0 unspecified atom stereocenters. The third-order valence-corrected chi connectivity index (χ3v) is 1.02. The van der Waals surface area contributed by atoms with Crippen molar-refractivity contribution in [2.24, 2.45) is 0 Å². The number of benzene rings is 1. The molecule has 0 spiro atoms. The van der Waals surface area contributed by atoms with Gasteiger partial charge >= 0.3 is 102 Å². The number of rotatable bonds is 1. The normalized spacial score (nSPS) is 8.18. The van der Waals surface area contributed by atoms with Crippen LogP contribution >= 0.6 is 7.82 Å². The molecule has 0 saturated carbocycles. The fourth-order valence-electron chi connectivity index (χ4n) is 0.581. The average Bonchev–Trinajstić information content (AvgIpc) is 2.03. The van der Waals surface area contributed by atoms with Crippen LogP contribution in [0.15, 0.2) is 30.3 Å². The van der Waals surface area contributed by atoms with E-state index in [0.29, 0.717) is 5.56 Å². The van der Waals surface area contributed by atoms with Gasteiger partial charge in [-0.05, 0) is 12.1 Å². The second-order valence-electron chi connectivity index (χ2n) is 2.18. The molecule has 0 heterocycles. The SMILES string of the molecule is O=C(O)c1ccccc1.O=P(O)(O)O.[NaH].[NaH].[NaH]. The molecule has 0 atom stereocenters. The Labute approximate surface area is 165 Å². The van der Waals surface area contributed by atoms with Gasteiger partial charge in [0.15, 0.2) is 0 Å². The number of phosphoric acid groups is 1. The van der Waals surface area contributed by atoms with E-state index in [4.69, 9.17) is 24.4 Å². The number of hydrogen-bond donors (Lipinski definition) is 4. The van der Waals surface area contributed by atoms with Crippen LogP contribution in [-0.4, -0.2) is 114 Å². The quantitative estimate of drug-likeness (QED) is 0.370. The van der Waals surface area contributed by atoms with E-state index in [1.54, 1.807) is 30.3 Å². The molecular formula is C7H12Na3O6P. The van der Waals surface area contributed by atoms with Crippen LogP contribution in [0, 0.1) is 0 Å². The van der Waals surface area contributed by atoms with Crippen LogP contribution in [0.3, 0.4) is 0 Å². The first-order chi connectivity index (χ1) is 6.30. The molecule has 17 heavy (non-hydrogen) atoms. The summed E-state index contributed by atoms with van der Waals surface area (Å²) in [6, 6.07) is 8.30. The molecule has 0 aromatic heterocycles. The first-order valence-electron chi connectivity index (χ1n) is 3.37.